The van der Waals surface area contributed by atoms with Gasteiger partial charge in [-0.25, -0.2) is 0 Å². The van der Waals surface area contributed by atoms with Gasteiger partial charge in [-0.15, -0.1) is 0 Å². The molecule has 1 heterocycles. The predicted molar refractivity (Wildman–Crippen MR) is 91.8 cm³/mol. The number of aryl methyl sites for hydroxylation is 2. The summed E-state index contributed by atoms with van der Waals surface area (Å²) in [6.07, 6.45) is 2.06. The Morgan fingerprint density at radius 2 is 1.88 bits per heavy atom. The fourth-order valence-corrected chi connectivity index (χ4v) is 2.44. The van der Waals surface area contributed by atoms with Crippen LogP contribution in [0, 0.1) is 13.8 Å². The third kappa shape index (κ3) is 4.17. The van der Waals surface area contributed by atoms with Crippen molar-refractivity contribution in [3.05, 3.63) is 58.9 Å². The van der Waals surface area contributed by atoms with E-state index in [0.29, 0.717) is 23.4 Å². The van der Waals surface area contributed by atoms with E-state index in [1.165, 1.54) is 7.11 Å². The zero-order valence-electron chi connectivity index (χ0n) is 14.0. The van der Waals surface area contributed by atoms with Crippen LogP contribution in [0.2, 0.25) is 0 Å². The van der Waals surface area contributed by atoms with Crippen LogP contribution in [-0.2, 0) is 16.0 Å². The van der Waals surface area contributed by atoms with E-state index in [1.807, 2.05) is 19.1 Å². The molecule has 0 bridgehead atoms. The van der Waals surface area contributed by atoms with Crippen LogP contribution in [0.15, 0.2) is 36.5 Å². The molecule has 24 heavy (non-hydrogen) atoms. The van der Waals surface area contributed by atoms with Gasteiger partial charge in [0.15, 0.2) is 0 Å². The van der Waals surface area contributed by atoms with E-state index in [9.17, 15) is 9.59 Å². The second-order valence-electron chi connectivity index (χ2n) is 5.57. The third-order valence-electron chi connectivity index (χ3n) is 3.75. The number of hydrogen-bond donors (Lipinski definition) is 2. The van der Waals surface area contributed by atoms with E-state index in [0.717, 1.165) is 11.1 Å². The number of nitrogens with two attached hydrogens (primary N) is 1. The van der Waals surface area contributed by atoms with Crippen molar-refractivity contribution in [1.82, 2.24) is 4.98 Å². The maximum atomic E-state index is 12.4. The van der Waals surface area contributed by atoms with E-state index < -0.39 is 12.0 Å². The molecule has 0 aliphatic heterocycles. The number of hydrogen-bond acceptors (Lipinski definition) is 5. The first-order valence-electron chi connectivity index (χ1n) is 7.58. The van der Waals surface area contributed by atoms with E-state index in [4.69, 9.17) is 5.73 Å². The smallest absolute Gasteiger partial charge is 0.322 e. The Morgan fingerprint density at radius 3 is 2.46 bits per heavy atom. The highest BCUT2D eigenvalue weighted by Gasteiger charge is 2.15. The van der Waals surface area contributed by atoms with Gasteiger partial charge in [0.1, 0.15) is 6.04 Å². The van der Waals surface area contributed by atoms with Gasteiger partial charge in [0.2, 0.25) is 0 Å². The van der Waals surface area contributed by atoms with Gasteiger partial charge in [0.25, 0.3) is 5.91 Å². The fourth-order valence-electron chi connectivity index (χ4n) is 2.44. The molecule has 2 rings (SSSR count). The summed E-state index contributed by atoms with van der Waals surface area (Å²) in [7, 11) is 1.31. The molecule has 1 unspecified atom stereocenters. The zero-order chi connectivity index (χ0) is 17.7. The normalized spacial score (nSPS) is 11.7. The molecule has 126 valence electrons. The molecule has 1 aromatic carbocycles. The molecule has 0 aliphatic rings. The van der Waals surface area contributed by atoms with Gasteiger partial charge in [-0.05, 0) is 49.6 Å². The molecular formula is C18H21N3O3. The molecule has 1 atom stereocenters. The summed E-state index contributed by atoms with van der Waals surface area (Å²) in [6, 6.07) is 8.30. The summed E-state index contributed by atoms with van der Waals surface area (Å²) in [5.74, 6) is -0.646. The lowest BCUT2D eigenvalue weighted by molar-refractivity contribution is -0.142. The Bertz CT molecular complexity index is 721. The highest BCUT2D eigenvalue weighted by Crippen LogP contribution is 2.16. The van der Waals surface area contributed by atoms with Crippen molar-refractivity contribution in [1.29, 1.82) is 0 Å². The molecule has 6 heteroatoms. The first-order valence-corrected chi connectivity index (χ1v) is 7.58. The highest BCUT2D eigenvalue weighted by atomic mass is 16.5. The number of rotatable bonds is 5. The summed E-state index contributed by atoms with van der Waals surface area (Å²) in [6.45, 7) is 3.68. The van der Waals surface area contributed by atoms with Gasteiger partial charge in [-0.2, -0.15) is 0 Å². The minimum absolute atomic E-state index is 0.197. The minimum atomic E-state index is -0.698. The van der Waals surface area contributed by atoms with Crippen LogP contribution in [0.3, 0.4) is 0 Å². The molecule has 0 saturated carbocycles. The van der Waals surface area contributed by atoms with Gasteiger partial charge in [0.05, 0.1) is 18.4 Å². The lowest BCUT2D eigenvalue weighted by atomic mass is 10.1. The monoisotopic (exact) mass is 327 g/mol. The molecule has 0 saturated heterocycles. The summed E-state index contributed by atoms with van der Waals surface area (Å²) in [5.41, 5.74) is 9.43. The predicted octanol–water partition coefficient (Wildman–Crippen LogP) is 1.99. The summed E-state index contributed by atoms with van der Waals surface area (Å²) in [4.78, 5) is 27.9. The molecule has 0 radical (unpaired) electrons. The Morgan fingerprint density at radius 1 is 1.21 bits per heavy atom. The number of methoxy groups -OCH3 is 1. The van der Waals surface area contributed by atoms with E-state index in [-0.39, 0.29) is 5.91 Å². The van der Waals surface area contributed by atoms with Crippen LogP contribution >= 0.6 is 0 Å². The molecule has 2 aromatic rings. The van der Waals surface area contributed by atoms with Crippen LogP contribution in [-0.4, -0.2) is 30.0 Å². The highest BCUT2D eigenvalue weighted by molar-refractivity contribution is 6.05. The molecule has 0 spiro atoms. The van der Waals surface area contributed by atoms with Gasteiger partial charge >= 0.3 is 5.97 Å². The SMILES string of the molecule is COC(=O)C(N)Cc1ccc(NC(=O)c2c(C)ccnc2C)cc1. The number of nitrogens with one attached hydrogen (secondary N) is 1. The average molecular weight is 327 g/mol. The number of benzene rings is 1. The fraction of sp³-hybridized carbons (Fsp3) is 0.278. The summed E-state index contributed by atoms with van der Waals surface area (Å²) >= 11 is 0. The Kier molecular flexibility index (Phi) is 5.65. The van der Waals surface area contributed by atoms with Crippen molar-refractivity contribution in [2.24, 2.45) is 5.73 Å². The van der Waals surface area contributed by atoms with Gasteiger partial charge in [-0.3, -0.25) is 14.6 Å². The second kappa shape index (κ2) is 7.70. The number of pyridine rings is 1. The molecule has 3 N–H and O–H groups in total. The first kappa shape index (κ1) is 17.6. The van der Waals surface area contributed by atoms with E-state index >= 15 is 0 Å². The van der Waals surface area contributed by atoms with Crippen molar-refractivity contribution in [3.8, 4) is 0 Å². The largest absolute Gasteiger partial charge is 0.468 e. The van der Waals surface area contributed by atoms with Crippen LogP contribution in [0.1, 0.15) is 27.2 Å². The quantitative estimate of drug-likeness (QED) is 0.819. The Balaban J connectivity index is 2.06. The average Bonchev–Trinajstić information content (AvgIpc) is 2.55. The number of carbonyl (C=O) groups is 2. The lowest BCUT2D eigenvalue weighted by Crippen LogP contribution is -2.33. The van der Waals surface area contributed by atoms with E-state index in [1.54, 1.807) is 31.3 Å². The Hall–Kier alpha value is -2.73. The number of esters is 1. The van der Waals surface area contributed by atoms with Gasteiger partial charge < -0.3 is 15.8 Å². The maximum Gasteiger partial charge on any atom is 0.322 e. The van der Waals surface area contributed by atoms with Gasteiger partial charge in [-0.1, -0.05) is 12.1 Å². The molecule has 0 aliphatic carbocycles. The number of aromatic nitrogens is 1. The standard InChI is InChI=1S/C18H21N3O3/c1-11-8-9-20-12(2)16(11)17(22)21-14-6-4-13(5-7-14)10-15(19)18(23)24-3/h4-9,15H,10,19H2,1-3H3,(H,21,22). The number of anilines is 1. The van der Waals surface area contributed by atoms with Crippen LogP contribution < -0.4 is 11.1 Å². The molecule has 1 aromatic heterocycles. The van der Waals surface area contributed by atoms with Crippen molar-refractivity contribution < 1.29 is 14.3 Å². The molecular weight excluding hydrogens is 306 g/mol. The molecule has 6 nitrogen and oxygen atoms in total. The number of nitrogens with zero attached hydrogens (tertiary/aromatic N) is 1. The van der Waals surface area contributed by atoms with Crippen LogP contribution in [0.4, 0.5) is 5.69 Å². The van der Waals surface area contributed by atoms with Crippen LogP contribution in [0.5, 0.6) is 0 Å². The molecule has 0 fully saturated rings. The number of amides is 1. The number of ether oxygens (including phenoxy) is 1. The van der Waals surface area contributed by atoms with Gasteiger partial charge in [0, 0.05) is 11.9 Å². The summed E-state index contributed by atoms with van der Waals surface area (Å²) < 4.78 is 4.61. The summed E-state index contributed by atoms with van der Waals surface area (Å²) in [5, 5.41) is 2.85. The zero-order valence-corrected chi connectivity index (χ0v) is 14.0. The van der Waals surface area contributed by atoms with Crippen molar-refractivity contribution in [2.75, 3.05) is 12.4 Å². The minimum Gasteiger partial charge on any atom is -0.468 e. The first-order chi connectivity index (χ1) is 11.4. The van der Waals surface area contributed by atoms with E-state index in [2.05, 4.69) is 15.0 Å². The topological polar surface area (TPSA) is 94.3 Å². The lowest BCUT2D eigenvalue weighted by Gasteiger charge is -2.11. The second-order valence-corrected chi connectivity index (χ2v) is 5.57. The van der Waals surface area contributed by atoms with Crippen molar-refractivity contribution >= 4 is 17.6 Å². The van der Waals surface area contributed by atoms with Crippen molar-refractivity contribution in [2.45, 2.75) is 26.3 Å². The Labute approximate surface area is 141 Å². The van der Waals surface area contributed by atoms with Crippen LogP contribution in [0.25, 0.3) is 0 Å². The molecule has 1 amide bonds. The third-order valence-corrected chi connectivity index (χ3v) is 3.75. The number of carbonyl (C=O) groups excluding carboxylic acids is 2. The maximum absolute atomic E-state index is 12.4. The van der Waals surface area contributed by atoms with Crippen molar-refractivity contribution in [3.63, 3.8) is 0 Å².